The first-order valence-electron chi connectivity index (χ1n) is 11.0. The Kier molecular flexibility index (Phi) is 7.13. The molecule has 1 aliphatic rings. The lowest BCUT2D eigenvalue weighted by molar-refractivity contribution is 0.0357. The van der Waals surface area contributed by atoms with Crippen molar-refractivity contribution >= 4 is 22.3 Å². The first-order chi connectivity index (χ1) is 16.1. The molecule has 8 nitrogen and oxygen atoms in total. The van der Waals surface area contributed by atoms with E-state index in [1.54, 1.807) is 31.5 Å². The van der Waals surface area contributed by atoms with E-state index >= 15 is 0 Å². The van der Waals surface area contributed by atoms with Gasteiger partial charge in [-0.3, -0.25) is 9.88 Å². The number of morpholine rings is 1. The number of nitrogens with zero attached hydrogens (tertiary/aromatic N) is 3. The molecular formula is C25H28N4O4. The van der Waals surface area contributed by atoms with Gasteiger partial charge in [0.05, 0.1) is 43.7 Å². The number of nitriles is 1. The van der Waals surface area contributed by atoms with Gasteiger partial charge in [-0.15, -0.1) is 0 Å². The Bertz CT molecular complexity index is 1170. The topological polar surface area (TPSA) is 99.9 Å². The van der Waals surface area contributed by atoms with Gasteiger partial charge in [0, 0.05) is 43.0 Å². The summed E-state index contributed by atoms with van der Waals surface area (Å²) in [7, 11) is 1.60. The molecule has 4 rings (SSSR count). The van der Waals surface area contributed by atoms with Crippen LogP contribution in [0.4, 0.5) is 11.4 Å². The monoisotopic (exact) mass is 448 g/mol. The molecule has 2 heterocycles. The Morgan fingerprint density at radius 3 is 2.76 bits per heavy atom. The van der Waals surface area contributed by atoms with Gasteiger partial charge in [0.15, 0.2) is 11.5 Å². The highest BCUT2D eigenvalue weighted by molar-refractivity contribution is 5.97. The molecule has 0 bridgehead atoms. The summed E-state index contributed by atoms with van der Waals surface area (Å²) in [5, 5.41) is 23.5. The fourth-order valence-electron chi connectivity index (χ4n) is 3.91. The van der Waals surface area contributed by atoms with Crippen molar-refractivity contribution in [1.82, 2.24) is 9.88 Å². The smallest absolute Gasteiger partial charge is 0.163 e. The zero-order valence-electron chi connectivity index (χ0n) is 18.9. The summed E-state index contributed by atoms with van der Waals surface area (Å²) in [6, 6.07) is 10.9. The lowest BCUT2D eigenvalue weighted by atomic mass is 10.1. The number of aromatic nitrogens is 1. The fraction of sp³-hybridized carbons (Fsp3) is 0.360. The summed E-state index contributed by atoms with van der Waals surface area (Å²) in [6.45, 7) is 6.91. The SMILES string of the molecule is COc1cc2c(Nc3ccc(O)cc3C)c(C#N)cnc2cc1OCCCN1CCOCC1. The maximum Gasteiger partial charge on any atom is 0.163 e. The number of benzene rings is 2. The van der Waals surface area contributed by atoms with E-state index in [1.165, 1.54) is 0 Å². The number of hydrogen-bond acceptors (Lipinski definition) is 8. The fourth-order valence-corrected chi connectivity index (χ4v) is 3.91. The quantitative estimate of drug-likeness (QED) is 0.394. The molecule has 8 heteroatoms. The molecule has 0 aliphatic carbocycles. The van der Waals surface area contributed by atoms with Gasteiger partial charge in [-0.25, -0.2) is 0 Å². The molecule has 33 heavy (non-hydrogen) atoms. The second kappa shape index (κ2) is 10.4. The van der Waals surface area contributed by atoms with E-state index in [9.17, 15) is 10.4 Å². The van der Waals surface area contributed by atoms with Gasteiger partial charge in [-0.1, -0.05) is 0 Å². The number of hydrogen-bond donors (Lipinski definition) is 2. The van der Waals surface area contributed by atoms with E-state index in [0.29, 0.717) is 34.9 Å². The number of pyridine rings is 1. The highest BCUT2D eigenvalue weighted by Gasteiger charge is 2.16. The van der Waals surface area contributed by atoms with Gasteiger partial charge in [0.1, 0.15) is 11.8 Å². The molecule has 0 saturated carbocycles. The Hall–Kier alpha value is -3.54. The highest BCUT2D eigenvalue weighted by atomic mass is 16.5. The zero-order valence-corrected chi connectivity index (χ0v) is 18.9. The summed E-state index contributed by atoms with van der Waals surface area (Å²) < 4.78 is 17.0. The van der Waals surface area contributed by atoms with Crippen LogP contribution in [0.5, 0.6) is 17.2 Å². The molecule has 172 valence electrons. The second-order valence-electron chi connectivity index (χ2n) is 7.96. The highest BCUT2D eigenvalue weighted by Crippen LogP contribution is 2.37. The standard InChI is InChI=1S/C25H28N4O4/c1-17-12-19(30)4-5-21(17)28-25-18(15-26)16-27-22-14-24(23(31-2)13-20(22)25)33-9-3-6-29-7-10-32-11-8-29/h4-5,12-14,16,30H,3,6-11H2,1-2H3,(H,27,28). The predicted octanol–water partition coefficient (Wildman–Crippen LogP) is 3.97. The molecule has 1 aromatic heterocycles. The van der Waals surface area contributed by atoms with Crippen LogP contribution in [0.25, 0.3) is 10.9 Å². The number of ether oxygens (including phenoxy) is 3. The molecule has 0 amide bonds. The number of fused-ring (bicyclic) bond motifs is 1. The average molecular weight is 449 g/mol. The third-order valence-corrected chi connectivity index (χ3v) is 5.72. The van der Waals surface area contributed by atoms with E-state index in [0.717, 1.165) is 55.9 Å². The number of aryl methyl sites for hydroxylation is 1. The third-order valence-electron chi connectivity index (χ3n) is 5.72. The van der Waals surface area contributed by atoms with Crippen molar-refractivity contribution < 1.29 is 19.3 Å². The Morgan fingerprint density at radius 2 is 2.03 bits per heavy atom. The minimum absolute atomic E-state index is 0.190. The van der Waals surface area contributed by atoms with Crippen LogP contribution in [0.3, 0.4) is 0 Å². The molecule has 3 aromatic rings. The number of phenolic OH excluding ortho intramolecular Hbond substituents is 1. The summed E-state index contributed by atoms with van der Waals surface area (Å²) in [5.74, 6) is 1.39. The van der Waals surface area contributed by atoms with Crippen LogP contribution in [-0.4, -0.2) is 61.6 Å². The number of rotatable bonds is 8. The molecule has 2 aromatic carbocycles. The van der Waals surface area contributed by atoms with E-state index in [4.69, 9.17) is 14.2 Å². The van der Waals surface area contributed by atoms with E-state index in [2.05, 4.69) is 21.3 Å². The van der Waals surface area contributed by atoms with Crippen molar-refractivity contribution in [3.05, 3.63) is 47.7 Å². The van der Waals surface area contributed by atoms with Crippen molar-refractivity contribution in [3.8, 4) is 23.3 Å². The van der Waals surface area contributed by atoms with Gasteiger partial charge in [-0.2, -0.15) is 5.26 Å². The number of phenols is 1. The minimum atomic E-state index is 0.190. The van der Waals surface area contributed by atoms with Gasteiger partial charge in [0.25, 0.3) is 0 Å². The number of aromatic hydroxyl groups is 1. The van der Waals surface area contributed by atoms with Crippen LogP contribution in [0.15, 0.2) is 36.5 Å². The average Bonchev–Trinajstić information content (AvgIpc) is 2.83. The molecule has 1 fully saturated rings. The molecule has 0 spiro atoms. The summed E-state index contributed by atoms with van der Waals surface area (Å²) in [4.78, 5) is 6.84. The van der Waals surface area contributed by atoms with Crippen molar-refractivity contribution in [1.29, 1.82) is 5.26 Å². The van der Waals surface area contributed by atoms with E-state index < -0.39 is 0 Å². The maximum atomic E-state index is 9.71. The minimum Gasteiger partial charge on any atom is -0.508 e. The third kappa shape index (κ3) is 5.28. The Morgan fingerprint density at radius 1 is 1.21 bits per heavy atom. The van der Waals surface area contributed by atoms with Crippen molar-refractivity contribution in [2.24, 2.45) is 0 Å². The number of methoxy groups -OCH3 is 1. The van der Waals surface area contributed by atoms with Crippen LogP contribution in [0.2, 0.25) is 0 Å². The molecule has 1 saturated heterocycles. The molecule has 0 unspecified atom stereocenters. The van der Waals surface area contributed by atoms with Crippen molar-refractivity contribution in [3.63, 3.8) is 0 Å². The summed E-state index contributed by atoms with van der Waals surface area (Å²) in [6.07, 6.45) is 2.45. The van der Waals surface area contributed by atoms with Crippen LogP contribution in [-0.2, 0) is 4.74 Å². The largest absolute Gasteiger partial charge is 0.508 e. The summed E-state index contributed by atoms with van der Waals surface area (Å²) >= 11 is 0. The van der Waals surface area contributed by atoms with Gasteiger partial charge in [0.2, 0.25) is 0 Å². The second-order valence-corrected chi connectivity index (χ2v) is 7.96. The zero-order chi connectivity index (χ0) is 23.2. The van der Waals surface area contributed by atoms with E-state index in [-0.39, 0.29) is 5.75 Å². The van der Waals surface area contributed by atoms with Crippen molar-refractivity contribution in [2.75, 3.05) is 51.9 Å². The first kappa shape index (κ1) is 22.6. The maximum absolute atomic E-state index is 9.71. The molecule has 0 atom stereocenters. The summed E-state index contributed by atoms with van der Waals surface area (Å²) in [5.41, 5.74) is 3.39. The van der Waals surface area contributed by atoms with Gasteiger partial charge >= 0.3 is 0 Å². The van der Waals surface area contributed by atoms with Crippen LogP contribution >= 0.6 is 0 Å². The normalized spacial score (nSPS) is 14.1. The molecular weight excluding hydrogens is 420 g/mol. The van der Waals surface area contributed by atoms with Crippen LogP contribution in [0, 0.1) is 18.3 Å². The Labute approximate surface area is 193 Å². The molecule has 1 aliphatic heterocycles. The number of anilines is 2. The lowest BCUT2D eigenvalue weighted by Crippen LogP contribution is -2.37. The van der Waals surface area contributed by atoms with Gasteiger partial charge < -0.3 is 24.6 Å². The van der Waals surface area contributed by atoms with Crippen LogP contribution < -0.4 is 14.8 Å². The number of nitrogens with one attached hydrogen (secondary N) is 1. The lowest BCUT2D eigenvalue weighted by Gasteiger charge is -2.26. The van der Waals surface area contributed by atoms with E-state index in [1.807, 2.05) is 19.1 Å². The predicted molar refractivity (Wildman–Crippen MR) is 127 cm³/mol. The Balaban J connectivity index is 1.58. The molecule has 0 radical (unpaired) electrons. The van der Waals surface area contributed by atoms with Gasteiger partial charge in [-0.05, 0) is 43.2 Å². The molecule has 2 N–H and O–H groups in total. The van der Waals surface area contributed by atoms with Crippen LogP contribution in [0.1, 0.15) is 17.5 Å². The first-order valence-corrected chi connectivity index (χ1v) is 11.0. The van der Waals surface area contributed by atoms with Crippen molar-refractivity contribution in [2.45, 2.75) is 13.3 Å².